The number of hydrogen-bond donors (Lipinski definition) is 1. The summed E-state index contributed by atoms with van der Waals surface area (Å²) in [5.74, 6) is -2.14. The van der Waals surface area contributed by atoms with E-state index in [0.717, 1.165) is 14.0 Å². The highest BCUT2D eigenvalue weighted by Gasteiger charge is 2.37. The number of halogens is 3. The third-order valence-corrected chi connectivity index (χ3v) is 2.35. The van der Waals surface area contributed by atoms with Gasteiger partial charge in [0.25, 0.3) is 5.69 Å². The van der Waals surface area contributed by atoms with Crippen molar-refractivity contribution in [2.24, 2.45) is 0 Å². The third kappa shape index (κ3) is 3.68. The minimum Gasteiger partial charge on any atom is -0.465 e. The number of amides is 1. The molecule has 114 valence electrons. The fraction of sp³-hybridized carbons (Fsp3) is 0.273. The lowest BCUT2D eigenvalue weighted by Crippen LogP contribution is -2.17. The van der Waals surface area contributed by atoms with E-state index in [1.165, 1.54) is 0 Å². The number of esters is 1. The zero-order chi connectivity index (χ0) is 16.4. The summed E-state index contributed by atoms with van der Waals surface area (Å²) >= 11 is 0. The molecule has 0 heterocycles. The van der Waals surface area contributed by atoms with Crippen molar-refractivity contribution in [3.63, 3.8) is 0 Å². The second-order valence-corrected chi connectivity index (χ2v) is 3.84. The van der Waals surface area contributed by atoms with E-state index in [-0.39, 0.29) is 6.07 Å². The number of nitro benzene ring substituents is 1. The van der Waals surface area contributed by atoms with Gasteiger partial charge in [-0.05, 0) is 6.07 Å². The van der Waals surface area contributed by atoms with Gasteiger partial charge in [0, 0.05) is 13.0 Å². The number of rotatable bonds is 3. The van der Waals surface area contributed by atoms with Crippen LogP contribution in [0.5, 0.6) is 0 Å². The lowest BCUT2D eigenvalue weighted by Gasteiger charge is -2.14. The van der Waals surface area contributed by atoms with Crippen molar-refractivity contribution in [1.82, 2.24) is 0 Å². The lowest BCUT2D eigenvalue weighted by molar-refractivity contribution is -0.385. The highest BCUT2D eigenvalue weighted by Crippen LogP contribution is 2.38. The average molecular weight is 306 g/mol. The molecule has 1 aromatic rings. The van der Waals surface area contributed by atoms with Crippen molar-refractivity contribution < 1.29 is 32.4 Å². The summed E-state index contributed by atoms with van der Waals surface area (Å²) in [6.45, 7) is 0.945. The van der Waals surface area contributed by atoms with E-state index in [4.69, 9.17) is 0 Å². The Morgan fingerprint density at radius 1 is 1.33 bits per heavy atom. The Bertz CT molecular complexity index is 613. The van der Waals surface area contributed by atoms with E-state index in [0.29, 0.717) is 6.07 Å². The molecule has 1 rings (SSSR count). The number of nitro groups is 1. The number of carbonyl (C=O) groups is 2. The van der Waals surface area contributed by atoms with E-state index < -0.39 is 45.5 Å². The SMILES string of the molecule is COC(=O)c1cc(C(F)(F)F)c(NC(C)=O)cc1[N+](=O)[O-]. The van der Waals surface area contributed by atoms with Crippen molar-refractivity contribution in [2.45, 2.75) is 13.1 Å². The maximum absolute atomic E-state index is 12.9. The molecular weight excluding hydrogens is 297 g/mol. The number of nitrogens with zero attached hydrogens (tertiary/aromatic N) is 1. The number of benzene rings is 1. The number of ether oxygens (including phenoxy) is 1. The maximum atomic E-state index is 12.9. The predicted molar refractivity (Wildman–Crippen MR) is 63.7 cm³/mol. The zero-order valence-corrected chi connectivity index (χ0v) is 10.8. The largest absolute Gasteiger partial charge is 0.465 e. The molecule has 0 saturated heterocycles. The summed E-state index contributed by atoms with van der Waals surface area (Å²) in [6.07, 6.45) is -4.92. The van der Waals surface area contributed by atoms with Crippen molar-refractivity contribution in [2.75, 3.05) is 12.4 Å². The van der Waals surface area contributed by atoms with Crippen LogP contribution in [0, 0.1) is 10.1 Å². The Morgan fingerprint density at radius 2 is 1.90 bits per heavy atom. The van der Waals surface area contributed by atoms with Gasteiger partial charge in [0.05, 0.1) is 23.3 Å². The van der Waals surface area contributed by atoms with Gasteiger partial charge in [0.1, 0.15) is 5.56 Å². The summed E-state index contributed by atoms with van der Waals surface area (Å²) < 4.78 is 42.9. The number of hydrogen-bond acceptors (Lipinski definition) is 5. The highest BCUT2D eigenvalue weighted by atomic mass is 19.4. The van der Waals surface area contributed by atoms with Gasteiger partial charge in [-0.3, -0.25) is 14.9 Å². The Balaban J connectivity index is 3.65. The monoisotopic (exact) mass is 306 g/mol. The molecule has 1 aromatic carbocycles. The highest BCUT2D eigenvalue weighted by molar-refractivity contribution is 5.97. The second kappa shape index (κ2) is 5.77. The molecule has 0 spiro atoms. The normalized spacial score (nSPS) is 10.9. The first-order valence-electron chi connectivity index (χ1n) is 5.33. The molecule has 1 amide bonds. The van der Waals surface area contributed by atoms with Crippen LogP contribution in [0.2, 0.25) is 0 Å². The van der Waals surface area contributed by atoms with Crippen LogP contribution in [-0.2, 0) is 15.7 Å². The molecule has 0 aromatic heterocycles. The summed E-state index contributed by atoms with van der Waals surface area (Å²) in [4.78, 5) is 32.1. The van der Waals surface area contributed by atoms with E-state index >= 15 is 0 Å². The minimum atomic E-state index is -4.92. The molecule has 0 atom stereocenters. The Hall–Kier alpha value is -2.65. The van der Waals surface area contributed by atoms with Crippen LogP contribution in [0.1, 0.15) is 22.8 Å². The first-order valence-corrected chi connectivity index (χ1v) is 5.33. The first-order chi connectivity index (χ1) is 9.57. The van der Waals surface area contributed by atoms with Crippen LogP contribution in [0.4, 0.5) is 24.5 Å². The van der Waals surface area contributed by atoms with Gasteiger partial charge >= 0.3 is 12.1 Å². The lowest BCUT2D eigenvalue weighted by atomic mass is 10.1. The van der Waals surface area contributed by atoms with Gasteiger partial charge in [-0.25, -0.2) is 4.79 Å². The standard InChI is InChI=1S/C11H9F3N2O5/c1-5(17)15-8-4-9(16(19)20)6(10(18)21-2)3-7(8)11(12,13)14/h3-4H,1-2H3,(H,15,17). The van der Waals surface area contributed by atoms with Crippen LogP contribution in [0.25, 0.3) is 0 Å². The Morgan fingerprint density at radius 3 is 2.29 bits per heavy atom. The number of methoxy groups -OCH3 is 1. The Labute approximate surface area is 115 Å². The van der Waals surface area contributed by atoms with E-state index in [1.807, 2.05) is 5.32 Å². The number of anilines is 1. The van der Waals surface area contributed by atoms with Crippen molar-refractivity contribution in [3.8, 4) is 0 Å². The molecule has 1 N–H and O–H groups in total. The van der Waals surface area contributed by atoms with E-state index in [2.05, 4.69) is 4.74 Å². The molecule has 0 bridgehead atoms. The minimum absolute atomic E-state index is 0.273. The van der Waals surface area contributed by atoms with Gasteiger partial charge in [-0.1, -0.05) is 0 Å². The molecule has 0 saturated carbocycles. The predicted octanol–water partition coefficient (Wildman–Crippen LogP) is 2.36. The molecule has 0 aliphatic rings. The molecule has 0 unspecified atom stereocenters. The number of alkyl halides is 3. The molecule has 0 aliphatic carbocycles. The van der Waals surface area contributed by atoms with Gasteiger partial charge in [-0.2, -0.15) is 13.2 Å². The average Bonchev–Trinajstić information content (AvgIpc) is 2.35. The molecule has 0 aliphatic heterocycles. The van der Waals surface area contributed by atoms with Crippen LogP contribution in [0.15, 0.2) is 12.1 Å². The molecule has 21 heavy (non-hydrogen) atoms. The summed E-state index contributed by atoms with van der Waals surface area (Å²) in [5, 5.41) is 12.7. The van der Waals surface area contributed by atoms with Crippen molar-refractivity contribution in [3.05, 3.63) is 33.4 Å². The molecule has 0 radical (unpaired) electrons. The third-order valence-electron chi connectivity index (χ3n) is 2.35. The van der Waals surface area contributed by atoms with Gasteiger partial charge in [-0.15, -0.1) is 0 Å². The fourth-order valence-electron chi connectivity index (χ4n) is 1.54. The van der Waals surface area contributed by atoms with Crippen LogP contribution in [0.3, 0.4) is 0 Å². The summed E-state index contributed by atoms with van der Waals surface area (Å²) in [7, 11) is 0.876. The Kier molecular flexibility index (Phi) is 4.51. The van der Waals surface area contributed by atoms with Gasteiger partial charge in [0.2, 0.25) is 5.91 Å². The fourth-order valence-corrected chi connectivity index (χ4v) is 1.54. The first kappa shape index (κ1) is 16.4. The van der Waals surface area contributed by atoms with E-state index in [9.17, 15) is 32.9 Å². The molecular formula is C11H9F3N2O5. The van der Waals surface area contributed by atoms with Crippen LogP contribution >= 0.6 is 0 Å². The van der Waals surface area contributed by atoms with Crippen molar-refractivity contribution in [1.29, 1.82) is 0 Å². The van der Waals surface area contributed by atoms with Crippen molar-refractivity contribution >= 4 is 23.3 Å². The molecule has 10 heteroatoms. The van der Waals surface area contributed by atoms with E-state index in [1.54, 1.807) is 0 Å². The van der Waals surface area contributed by atoms with Crippen LogP contribution < -0.4 is 5.32 Å². The van der Waals surface area contributed by atoms with Gasteiger partial charge in [0.15, 0.2) is 0 Å². The maximum Gasteiger partial charge on any atom is 0.418 e. The topological polar surface area (TPSA) is 98.5 Å². The second-order valence-electron chi connectivity index (χ2n) is 3.84. The van der Waals surface area contributed by atoms with Gasteiger partial charge < -0.3 is 10.1 Å². The smallest absolute Gasteiger partial charge is 0.418 e. The quantitative estimate of drug-likeness (QED) is 0.525. The van der Waals surface area contributed by atoms with Crippen LogP contribution in [-0.4, -0.2) is 23.9 Å². The zero-order valence-electron chi connectivity index (χ0n) is 10.8. The number of nitrogens with one attached hydrogen (secondary N) is 1. The summed E-state index contributed by atoms with van der Waals surface area (Å²) in [5.41, 5.74) is -3.96. The molecule has 0 fully saturated rings. The summed E-state index contributed by atoms with van der Waals surface area (Å²) in [6, 6.07) is 0.742. The number of carbonyl (C=O) groups excluding carboxylic acids is 2. The molecule has 7 nitrogen and oxygen atoms in total.